The fourth-order valence-corrected chi connectivity index (χ4v) is 2.34. The van der Waals surface area contributed by atoms with Gasteiger partial charge in [0.1, 0.15) is 5.69 Å². The van der Waals surface area contributed by atoms with Crippen LogP contribution >= 0.6 is 10.7 Å². The summed E-state index contributed by atoms with van der Waals surface area (Å²) < 4.78 is 22.6. The zero-order chi connectivity index (χ0) is 14.6. The first kappa shape index (κ1) is 14.5. The van der Waals surface area contributed by atoms with Gasteiger partial charge in [0.15, 0.2) is 0 Å². The Morgan fingerprint density at radius 2 is 1.75 bits per heavy atom. The van der Waals surface area contributed by atoms with Crippen LogP contribution in [0.2, 0.25) is 0 Å². The molecule has 0 atom stereocenters. The van der Waals surface area contributed by atoms with E-state index in [1.54, 1.807) is 13.1 Å². The van der Waals surface area contributed by atoms with Crippen LogP contribution in [0.3, 0.4) is 0 Å². The van der Waals surface area contributed by atoms with Gasteiger partial charge in [-0.2, -0.15) is 5.11 Å². The average Bonchev–Trinajstić information content (AvgIpc) is 2.45. The van der Waals surface area contributed by atoms with Crippen molar-refractivity contribution in [1.82, 2.24) is 0 Å². The van der Waals surface area contributed by atoms with Crippen molar-refractivity contribution in [2.24, 2.45) is 10.2 Å². The largest absolute Gasteiger partial charge is 0.386 e. The average molecular weight is 310 g/mol. The third-order valence-corrected chi connectivity index (χ3v) is 3.90. The third kappa shape index (κ3) is 3.55. The first-order chi connectivity index (χ1) is 9.50. The van der Waals surface area contributed by atoms with Crippen molar-refractivity contribution in [3.8, 4) is 0 Å². The Labute approximate surface area is 121 Å². The molecule has 1 N–H and O–H groups in total. The Kier molecular flexibility index (Phi) is 4.36. The summed E-state index contributed by atoms with van der Waals surface area (Å²) in [4.78, 5) is 0.0159. The number of nitrogens with zero attached hydrogens (tertiary/aromatic N) is 2. The molecule has 0 amide bonds. The van der Waals surface area contributed by atoms with Gasteiger partial charge in [0, 0.05) is 17.7 Å². The second kappa shape index (κ2) is 6.02. The van der Waals surface area contributed by atoms with Gasteiger partial charge >= 0.3 is 0 Å². The number of nitrogens with one attached hydrogen (secondary N) is 1. The highest BCUT2D eigenvalue weighted by atomic mass is 35.7. The molecule has 7 heteroatoms. The summed E-state index contributed by atoms with van der Waals surface area (Å²) in [5.41, 5.74) is 1.77. The minimum atomic E-state index is -3.76. The topological polar surface area (TPSA) is 70.9 Å². The zero-order valence-electron chi connectivity index (χ0n) is 10.6. The molecule has 0 saturated carbocycles. The molecule has 0 aliphatic heterocycles. The van der Waals surface area contributed by atoms with Crippen LogP contribution in [0.15, 0.2) is 63.7 Å². The molecule has 20 heavy (non-hydrogen) atoms. The van der Waals surface area contributed by atoms with Crippen LogP contribution in [0.25, 0.3) is 0 Å². The third-order valence-electron chi connectivity index (χ3n) is 2.55. The number of halogens is 1. The maximum Gasteiger partial charge on any atom is 0.261 e. The highest BCUT2D eigenvalue weighted by Gasteiger charge is 2.12. The Balaban J connectivity index is 2.36. The van der Waals surface area contributed by atoms with E-state index in [1.165, 1.54) is 12.1 Å². The van der Waals surface area contributed by atoms with Crippen molar-refractivity contribution >= 4 is 36.8 Å². The van der Waals surface area contributed by atoms with Gasteiger partial charge in [0.2, 0.25) is 0 Å². The molecule has 104 valence electrons. The molecule has 0 spiro atoms. The maximum atomic E-state index is 11.3. The van der Waals surface area contributed by atoms with Crippen molar-refractivity contribution in [3.05, 3.63) is 48.5 Å². The van der Waals surface area contributed by atoms with Crippen molar-refractivity contribution in [1.29, 1.82) is 0 Å². The number of benzene rings is 2. The predicted octanol–water partition coefficient (Wildman–Crippen LogP) is 4.07. The number of azo groups is 1. The summed E-state index contributed by atoms with van der Waals surface area (Å²) in [6.07, 6.45) is 0. The van der Waals surface area contributed by atoms with E-state index in [0.717, 1.165) is 0 Å². The highest BCUT2D eigenvalue weighted by molar-refractivity contribution is 8.13. The van der Waals surface area contributed by atoms with Crippen LogP contribution in [-0.2, 0) is 9.05 Å². The lowest BCUT2D eigenvalue weighted by Gasteiger charge is -2.05. The van der Waals surface area contributed by atoms with Crippen LogP contribution < -0.4 is 5.32 Å². The van der Waals surface area contributed by atoms with E-state index >= 15 is 0 Å². The van der Waals surface area contributed by atoms with Gasteiger partial charge in [-0.3, -0.25) is 0 Å². The van der Waals surface area contributed by atoms with E-state index in [2.05, 4.69) is 15.5 Å². The predicted molar refractivity (Wildman–Crippen MR) is 79.6 cm³/mol. The summed E-state index contributed by atoms with van der Waals surface area (Å²) in [6.45, 7) is 0. The van der Waals surface area contributed by atoms with Crippen molar-refractivity contribution in [2.75, 3.05) is 12.4 Å². The monoisotopic (exact) mass is 309 g/mol. The molecule has 0 fully saturated rings. The Bertz CT molecular complexity index is 731. The lowest BCUT2D eigenvalue weighted by Crippen LogP contribution is -1.94. The highest BCUT2D eigenvalue weighted by Crippen LogP contribution is 2.30. The van der Waals surface area contributed by atoms with E-state index in [-0.39, 0.29) is 4.90 Å². The van der Waals surface area contributed by atoms with E-state index in [1.807, 2.05) is 30.3 Å². The Morgan fingerprint density at radius 3 is 2.35 bits per heavy atom. The van der Waals surface area contributed by atoms with Crippen LogP contribution in [0.4, 0.5) is 17.1 Å². The van der Waals surface area contributed by atoms with E-state index < -0.39 is 9.05 Å². The van der Waals surface area contributed by atoms with Crippen molar-refractivity contribution < 1.29 is 8.42 Å². The molecule has 2 aromatic carbocycles. The molecule has 0 aliphatic carbocycles. The Morgan fingerprint density at radius 1 is 1.05 bits per heavy atom. The van der Waals surface area contributed by atoms with Crippen molar-refractivity contribution in [3.63, 3.8) is 0 Å². The standard InChI is InChI=1S/C13H12ClN3O2S/c1-15-13-9-11(20(14,18)19)7-8-12(13)17-16-10-5-3-2-4-6-10/h2-9,15H,1H3. The second-order valence-electron chi connectivity index (χ2n) is 3.90. The molecule has 0 heterocycles. The molecule has 0 saturated heterocycles. The van der Waals surface area contributed by atoms with E-state index in [4.69, 9.17) is 10.7 Å². The van der Waals surface area contributed by atoms with Gasteiger partial charge in [-0.05, 0) is 30.3 Å². The van der Waals surface area contributed by atoms with Gasteiger partial charge < -0.3 is 5.32 Å². The van der Waals surface area contributed by atoms with E-state index in [9.17, 15) is 8.42 Å². The summed E-state index contributed by atoms with van der Waals surface area (Å²) in [6, 6.07) is 13.6. The van der Waals surface area contributed by atoms with Gasteiger partial charge in [-0.15, -0.1) is 5.11 Å². The molecule has 0 aliphatic rings. The minimum Gasteiger partial charge on any atom is -0.386 e. The first-order valence-electron chi connectivity index (χ1n) is 5.74. The summed E-state index contributed by atoms with van der Waals surface area (Å²) in [5, 5.41) is 11.0. The van der Waals surface area contributed by atoms with Crippen LogP contribution in [-0.4, -0.2) is 15.5 Å². The molecule has 0 bridgehead atoms. The summed E-state index contributed by atoms with van der Waals surface area (Å²) >= 11 is 0. The maximum absolute atomic E-state index is 11.3. The van der Waals surface area contributed by atoms with Crippen LogP contribution in [0, 0.1) is 0 Å². The molecule has 5 nitrogen and oxygen atoms in total. The first-order valence-corrected chi connectivity index (χ1v) is 8.05. The minimum absolute atomic E-state index is 0.0159. The fourth-order valence-electron chi connectivity index (χ4n) is 1.56. The van der Waals surface area contributed by atoms with Gasteiger partial charge in [0.25, 0.3) is 9.05 Å². The quantitative estimate of drug-likeness (QED) is 0.683. The van der Waals surface area contributed by atoms with Crippen LogP contribution in [0.1, 0.15) is 0 Å². The Hall–Kier alpha value is -1.92. The number of rotatable bonds is 4. The number of anilines is 1. The van der Waals surface area contributed by atoms with Gasteiger partial charge in [-0.1, -0.05) is 18.2 Å². The summed E-state index contributed by atoms with van der Waals surface area (Å²) in [7, 11) is 3.21. The van der Waals surface area contributed by atoms with Crippen LogP contribution in [0.5, 0.6) is 0 Å². The molecule has 0 unspecified atom stereocenters. The lowest BCUT2D eigenvalue weighted by atomic mass is 10.3. The molecular weight excluding hydrogens is 298 g/mol. The summed E-state index contributed by atoms with van der Waals surface area (Å²) in [5.74, 6) is 0. The number of hydrogen-bond acceptors (Lipinski definition) is 5. The molecule has 2 rings (SSSR count). The normalized spacial score (nSPS) is 11.7. The number of hydrogen-bond donors (Lipinski definition) is 1. The van der Waals surface area contributed by atoms with Gasteiger partial charge in [-0.25, -0.2) is 8.42 Å². The fraction of sp³-hybridized carbons (Fsp3) is 0.0769. The zero-order valence-corrected chi connectivity index (χ0v) is 12.2. The smallest absolute Gasteiger partial charge is 0.261 e. The lowest BCUT2D eigenvalue weighted by molar-refractivity contribution is 0.609. The SMILES string of the molecule is CNc1cc(S(=O)(=O)Cl)ccc1N=Nc1ccccc1. The molecule has 2 aromatic rings. The second-order valence-corrected chi connectivity index (χ2v) is 6.47. The molecular formula is C13H12ClN3O2S. The van der Waals surface area contributed by atoms with Crippen molar-refractivity contribution in [2.45, 2.75) is 4.90 Å². The molecule has 0 aromatic heterocycles. The van der Waals surface area contributed by atoms with Gasteiger partial charge in [0.05, 0.1) is 16.3 Å². The molecule has 0 radical (unpaired) electrons. The van der Waals surface area contributed by atoms with E-state index in [0.29, 0.717) is 17.1 Å².